The van der Waals surface area contributed by atoms with Gasteiger partial charge in [0.1, 0.15) is 0 Å². The van der Waals surface area contributed by atoms with E-state index in [9.17, 15) is 4.79 Å². The Kier molecular flexibility index (Phi) is 6.24. The van der Waals surface area contributed by atoms with E-state index < -0.39 is 0 Å². The molecular formula is C11H15NO. The number of carbonyl (C=O) groups excluding carboxylic acids is 1. The Balaban J connectivity index is 3.69. The molecule has 2 heteroatoms. The van der Waals surface area contributed by atoms with Crippen molar-refractivity contribution in [2.45, 2.75) is 13.3 Å². The number of hydrogen-bond acceptors (Lipinski definition) is 1. The molecule has 0 bridgehead atoms. The molecule has 0 radical (unpaired) electrons. The summed E-state index contributed by atoms with van der Waals surface area (Å²) in [5.74, 6) is -0.0833. The highest BCUT2D eigenvalue weighted by Crippen LogP contribution is 1.94. The summed E-state index contributed by atoms with van der Waals surface area (Å²) in [5.41, 5.74) is 0.704. The molecule has 1 N–H and O–H groups in total. The molecule has 0 aliphatic heterocycles. The van der Waals surface area contributed by atoms with E-state index in [0.717, 1.165) is 0 Å². The van der Waals surface area contributed by atoms with Gasteiger partial charge in [-0.2, -0.15) is 0 Å². The highest BCUT2D eigenvalue weighted by atomic mass is 16.1. The monoisotopic (exact) mass is 177 g/mol. The van der Waals surface area contributed by atoms with Crippen LogP contribution in [0.1, 0.15) is 13.3 Å². The average Bonchev–Trinajstić information content (AvgIpc) is 2.02. The Morgan fingerprint density at radius 3 is 2.62 bits per heavy atom. The standard InChI is InChI=1S/C11H15NO/c1-4-5-6-7-8-9-10(2)12-11(3)13/h4-8H,1-2,9H2,3H3,(H,12,13)/b6-5-,8-7-. The maximum absolute atomic E-state index is 10.6. The zero-order valence-electron chi connectivity index (χ0n) is 7.92. The van der Waals surface area contributed by atoms with E-state index >= 15 is 0 Å². The van der Waals surface area contributed by atoms with E-state index in [2.05, 4.69) is 18.5 Å². The van der Waals surface area contributed by atoms with Gasteiger partial charge in [0, 0.05) is 19.0 Å². The summed E-state index contributed by atoms with van der Waals surface area (Å²) in [6, 6.07) is 0. The summed E-state index contributed by atoms with van der Waals surface area (Å²) in [6.07, 6.45) is 9.85. The smallest absolute Gasteiger partial charge is 0.220 e. The fourth-order valence-corrected chi connectivity index (χ4v) is 0.732. The van der Waals surface area contributed by atoms with Crippen molar-refractivity contribution < 1.29 is 4.79 Å². The molecule has 0 saturated heterocycles. The average molecular weight is 177 g/mol. The largest absolute Gasteiger partial charge is 0.330 e. The van der Waals surface area contributed by atoms with Crippen molar-refractivity contribution in [2.24, 2.45) is 0 Å². The molecule has 70 valence electrons. The van der Waals surface area contributed by atoms with Gasteiger partial charge in [-0.15, -0.1) is 0 Å². The summed E-state index contributed by atoms with van der Waals surface area (Å²) in [5, 5.41) is 2.60. The lowest BCUT2D eigenvalue weighted by Gasteiger charge is -2.00. The van der Waals surface area contributed by atoms with Crippen molar-refractivity contribution in [3.05, 3.63) is 49.2 Å². The molecule has 0 fully saturated rings. The SMILES string of the molecule is C=C/C=C\C=C/CC(=C)NC(C)=O. The number of hydrogen-bond donors (Lipinski definition) is 1. The van der Waals surface area contributed by atoms with Crippen molar-refractivity contribution in [3.63, 3.8) is 0 Å². The van der Waals surface area contributed by atoms with Crippen molar-refractivity contribution in [1.29, 1.82) is 0 Å². The van der Waals surface area contributed by atoms with E-state index in [0.29, 0.717) is 12.1 Å². The van der Waals surface area contributed by atoms with Crippen molar-refractivity contribution in [2.75, 3.05) is 0 Å². The van der Waals surface area contributed by atoms with Gasteiger partial charge in [-0.1, -0.05) is 43.5 Å². The molecule has 0 aliphatic rings. The first kappa shape index (κ1) is 11.4. The topological polar surface area (TPSA) is 29.1 Å². The minimum Gasteiger partial charge on any atom is -0.330 e. The maximum Gasteiger partial charge on any atom is 0.220 e. The van der Waals surface area contributed by atoms with Crippen LogP contribution in [0, 0.1) is 0 Å². The molecule has 0 rings (SSSR count). The second-order valence-corrected chi connectivity index (χ2v) is 2.54. The van der Waals surface area contributed by atoms with Gasteiger partial charge in [0.05, 0.1) is 0 Å². The summed E-state index contributed by atoms with van der Waals surface area (Å²) >= 11 is 0. The molecular weight excluding hydrogens is 162 g/mol. The van der Waals surface area contributed by atoms with Crippen LogP contribution >= 0.6 is 0 Å². The fourth-order valence-electron chi connectivity index (χ4n) is 0.732. The van der Waals surface area contributed by atoms with Crippen LogP contribution in [0.5, 0.6) is 0 Å². The molecule has 0 heterocycles. The molecule has 0 aromatic heterocycles. The van der Waals surface area contributed by atoms with Gasteiger partial charge < -0.3 is 5.32 Å². The second-order valence-electron chi connectivity index (χ2n) is 2.54. The lowest BCUT2D eigenvalue weighted by molar-refractivity contribution is -0.118. The van der Waals surface area contributed by atoms with Gasteiger partial charge in [-0.05, 0) is 0 Å². The zero-order chi connectivity index (χ0) is 10.1. The van der Waals surface area contributed by atoms with Gasteiger partial charge in [-0.3, -0.25) is 4.79 Å². The first-order valence-electron chi connectivity index (χ1n) is 4.06. The predicted octanol–water partition coefficient (Wildman–Crippen LogP) is 2.32. The lowest BCUT2D eigenvalue weighted by atomic mass is 10.3. The Hall–Kier alpha value is -1.57. The Morgan fingerprint density at radius 2 is 2.08 bits per heavy atom. The minimum absolute atomic E-state index is 0.0833. The second kappa shape index (κ2) is 7.10. The van der Waals surface area contributed by atoms with Gasteiger partial charge in [-0.25, -0.2) is 0 Å². The number of carbonyl (C=O) groups is 1. The third-order valence-electron chi connectivity index (χ3n) is 1.21. The van der Waals surface area contributed by atoms with Crippen molar-refractivity contribution in [1.82, 2.24) is 5.32 Å². The van der Waals surface area contributed by atoms with Gasteiger partial charge in [0.15, 0.2) is 0 Å². The van der Waals surface area contributed by atoms with Crippen LogP contribution in [0.2, 0.25) is 0 Å². The molecule has 13 heavy (non-hydrogen) atoms. The Labute approximate surface area is 79.3 Å². The molecule has 0 unspecified atom stereocenters. The quantitative estimate of drug-likeness (QED) is 0.641. The summed E-state index contributed by atoms with van der Waals surface area (Å²) in [4.78, 5) is 10.6. The summed E-state index contributed by atoms with van der Waals surface area (Å²) < 4.78 is 0. The van der Waals surface area contributed by atoms with Gasteiger partial charge in [0.2, 0.25) is 5.91 Å². The highest BCUT2D eigenvalue weighted by Gasteiger charge is 1.91. The van der Waals surface area contributed by atoms with E-state index in [-0.39, 0.29) is 5.91 Å². The van der Waals surface area contributed by atoms with Gasteiger partial charge >= 0.3 is 0 Å². The Morgan fingerprint density at radius 1 is 1.38 bits per heavy atom. The third kappa shape index (κ3) is 8.34. The molecule has 0 aromatic rings. The van der Waals surface area contributed by atoms with Crippen LogP contribution in [0.25, 0.3) is 0 Å². The number of amides is 1. The number of rotatable bonds is 5. The van der Waals surface area contributed by atoms with Gasteiger partial charge in [0.25, 0.3) is 0 Å². The molecule has 1 amide bonds. The number of nitrogens with one attached hydrogen (secondary N) is 1. The predicted molar refractivity (Wildman–Crippen MR) is 56.1 cm³/mol. The van der Waals surface area contributed by atoms with E-state index in [1.807, 2.05) is 24.3 Å². The first-order chi connectivity index (χ1) is 6.16. The molecule has 0 aromatic carbocycles. The van der Waals surface area contributed by atoms with Crippen LogP contribution < -0.4 is 5.32 Å². The molecule has 0 atom stereocenters. The van der Waals surface area contributed by atoms with Crippen LogP contribution in [0.15, 0.2) is 49.2 Å². The van der Waals surface area contributed by atoms with Crippen LogP contribution in [0.3, 0.4) is 0 Å². The molecule has 0 saturated carbocycles. The van der Waals surface area contributed by atoms with E-state index in [1.54, 1.807) is 6.08 Å². The minimum atomic E-state index is -0.0833. The summed E-state index contributed by atoms with van der Waals surface area (Å²) in [7, 11) is 0. The molecule has 0 spiro atoms. The van der Waals surface area contributed by atoms with Crippen molar-refractivity contribution >= 4 is 5.91 Å². The Bertz CT molecular complexity index is 249. The third-order valence-corrected chi connectivity index (χ3v) is 1.21. The molecule has 0 aliphatic carbocycles. The van der Waals surface area contributed by atoms with Crippen LogP contribution in [0.4, 0.5) is 0 Å². The van der Waals surface area contributed by atoms with E-state index in [4.69, 9.17) is 0 Å². The summed E-state index contributed by atoms with van der Waals surface area (Å²) in [6.45, 7) is 8.69. The van der Waals surface area contributed by atoms with Crippen molar-refractivity contribution in [3.8, 4) is 0 Å². The zero-order valence-corrected chi connectivity index (χ0v) is 7.92. The first-order valence-corrected chi connectivity index (χ1v) is 4.06. The number of allylic oxidation sites excluding steroid dienone is 5. The normalized spacial score (nSPS) is 10.5. The van der Waals surface area contributed by atoms with Crippen LogP contribution in [-0.2, 0) is 4.79 Å². The van der Waals surface area contributed by atoms with Crippen LogP contribution in [-0.4, -0.2) is 5.91 Å². The highest BCUT2D eigenvalue weighted by molar-refractivity contribution is 5.74. The van der Waals surface area contributed by atoms with E-state index in [1.165, 1.54) is 6.92 Å². The fraction of sp³-hybridized carbons (Fsp3) is 0.182. The lowest BCUT2D eigenvalue weighted by Crippen LogP contribution is -2.17. The maximum atomic E-state index is 10.6. The molecule has 2 nitrogen and oxygen atoms in total.